The normalized spacial score (nSPS) is 10.2. The summed E-state index contributed by atoms with van der Waals surface area (Å²) in [6.07, 6.45) is 0. The maximum atomic E-state index is 13.7. The predicted octanol–water partition coefficient (Wildman–Crippen LogP) is 3.25. The zero-order chi connectivity index (χ0) is 15.4. The lowest BCUT2D eigenvalue weighted by molar-refractivity contribution is 0.0691. The van der Waals surface area contributed by atoms with Crippen LogP contribution in [0.5, 0.6) is 11.5 Å². The molecule has 110 valence electrons. The lowest BCUT2D eigenvalue weighted by Gasteiger charge is -2.09. The van der Waals surface area contributed by atoms with Gasteiger partial charge in [0.15, 0.2) is 0 Å². The zero-order valence-corrected chi connectivity index (χ0v) is 11.1. The molecule has 0 atom stereocenters. The molecule has 4 nitrogen and oxygen atoms in total. The third kappa shape index (κ3) is 3.47. The number of rotatable bonds is 5. The van der Waals surface area contributed by atoms with Gasteiger partial charge in [-0.2, -0.15) is 0 Å². The molecule has 0 unspecified atom stereocenters. The second-order valence-electron chi connectivity index (χ2n) is 4.20. The van der Waals surface area contributed by atoms with Gasteiger partial charge in [0, 0.05) is 11.6 Å². The first-order valence-corrected chi connectivity index (χ1v) is 5.99. The highest BCUT2D eigenvalue weighted by atomic mass is 19.1. The predicted molar refractivity (Wildman–Crippen MR) is 70.6 cm³/mol. The first-order chi connectivity index (χ1) is 10.0. The van der Waals surface area contributed by atoms with Crippen molar-refractivity contribution in [1.29, 1.82) is 0 Å². The quantitative estimate of drug-likeness (QED) is 0.919. The van der Waals surface area contributed by atoms with Crippen LogP contribution < -0.4 is 9.47 Å². The summed E-state index contributed by atoms with van der Waals surface area (Å²) in [4.78, 5) is 10.7. The first kappa shape index (κ1) is 14.8. The first-order valence-electron chi connectivity index (χ1n) is 5.99. The molecule has 0 radical (unpaired) electrons. The van der Waals surface area contributed by atoms with Gasteiger partial charge in [-0.25, -0.2) is 13.6 Å². The number of carboxylic acids is 1. The lowest BCUT2D eigenvalue weighted by atomic mass is 10.1. The second kappa shape index (κ2) is 6.21. The van der Waals surface area contributed by atoms with Crippen molar-refractivity contribution >= 4 is 5.97 Å². The summed E-state index contributed by atoms with van der Waals surface area (Å²) in [7, 11) is 1.50. The minimum absolute atomic E-state index is 0.0691. The third-order valence-corrected chi connectivity index (χ3v) is 2.80. The van der Waals surface area contributed by atoms with E-state index < -0.39 is 23.2 Å². The van der Waals surface area contributed by atoms with E-state index in [0.717, 1.165) is 6.07 Å². The Kier molecular flexibility index (Phi) is 4.37. The molecule has 0 spiro atoms. The molecule has 2 rings (SSSR count). The van der Waals surface area contributed by atoms with Gasteiger partial charge in [-0.1, -0.05) is 6.07 Å². The second-order valence-corrected chi connectivity index (χ2v) is 4.20. The highest BCUT2D eigenvalue weighted by Gasteiger charge is 2.15. The average molecular weight is 294 g/mol. The average Bonchev–Trinajstić information content (AvgIpc) is 2.47. The van der Waals surface area contributed by atoms with E-state index in [1.165, 1.54) is 7.11 Å². The van der Waals surface area contributed by atoms with Crippen LogP contribution in [0, 0.1) is 11.6 Å². The summed E-state index contributed by atoms with van der Waals surface area (Å²) < 4.78 is 37.6. The molecule has 0 aromatic heterocycles. The van der Waals surface area contributed by atoms with Crippen molar-refractivity contribution in [2.75, 3.05) is 7.11 Å². The summed E-state index contributed by atoms with van der Waals surface area (Å²) in [6.45, 7) is -0.226. The molecule has 1 N–H and O–H groups in total. The molecule has 21 heavy (non-hydrogen) atoms. The SMILES string of the molecule is COc1cccc(OCc2cc(F)c(C(=O)O)cc2F)c1. The van der Waals surface area contributed by atoms with Crippen LogP contribution in [0.25, 0.3) is 0 Å². The van der Waals surface area contributed by atoms with Crippen molar-refractivity contribution in [1.82, 2.24) is 0 Å². The molecule has 2 aromatic carbocycles. The van der Waals surface area contributed by atoms with Crippen LogP contribution in [-0.2, 0) is 6.61 Å². The fourth-order valence-corrected chi connectivity index (χ4v) is 1.71. The lowest BCUT2D eigenvalue weighted by Crippen LogP contribution is -2.06. The van der Waals surface area contributed by atoms with E-state index in [9.17, 15) is 13.6 Å². The summed E-state index contributed by atoms with van der Waals surface area (Å²) >= 11 is 0. The van der Waals surface area contributed by atoms with E-state index in [1.807, 2.05) is 0 Å². The van der Waals surface area contributed by atoms with Gasteiger partial charge < -0.3 is 14.6 Å². The molecular formula is C15H12F2O4. The Morgan fingerprint density at radius 1 is 1.14 bits per heavy atom. The molecule has 0 aliphatic carbocycles. The number of halogens is 2. The number of carbonyl (C=O) groups is 1. The minimum Gasteiger partial charge on any atom is -0.497 e. The van der Waals surface area contributed by atoms with E-state index in [1.54, 1.807) is 24.3 Å². The van der Waals surface area contributed by atoms with Gasteiger partial charge in [-0.05, 0) is 24.3 Å². The Hall–Kier alpha value is -2.63. The van der Waals surface area contributed by atoms with Crippen LogP contribution in [0.3, 0.4) is 0 Å². The Bertz CT molecular complexity index is 671. The molecule has 0 aliphatic rings. The van der Waals surface area contributed by atoms with Gasteiger partial charge in [0.2, 0.25) is 0 Å². The van der Waals surface area contributed by atoms with Gasteiger partial charge in [0.25, 0.3) is 0 Å². The molecule has 0 amide bonds. The number of methoxy groups -OCH3 is 1. The maximum Gasteiger partial charge on any atom is 0.338 e. The summed E-state index contributed by atoms with van der Waals surface area (Å²) in [5.74, 6) is -2.37. The maximum absolute atomic E-state index is 13.7. The van der Waals surface area contributed by atoms with Crippen molar-refractivity contribution in [3.63, 3.8) is 0 Å². The number of benzene rings is 2. The van der Waals surface area contributed by atoms with E-state index in [0.29, 0.717) is 17.6 Å². The van der Waals surface area contributed by atoms with Gasteiger partial charge in [-0.3, -0.25) is 0 Å². The Morgan fingerprint density at radius 3 is 2.52 bits per heavy atom. The highest BCUT2D eigenvalue weighted by molar-refractivity contribution is 5.88. The highest BCUT2D eigenvalue weighted by Crippen LogP contribution is 2.21. The van der Waals surface area contributed by atoms with Gasteiger partial charge in [0.1, 0.15) is 29.7 Å². The molecule has 0 bridgehead atoms. The molecule has 2 aromatic rings. The van der Waals surface area contributed by atoms with E-state index in [2.05, 4.69) is 0 Å². The molecule has 0 fully saturated rings. The minimum atomic E-state index is -1.52. The third-order valence-electron chi connectivity index (χ3n) is 2.80. The van der Waals surface area contributed by atoms with Crippen molar-refractivity contribution in [3.8, 4) is 11.5 Å². The number of ether oxygens (including phenoxy) is 2. The standard InChI is InChI=1S/C15H12F2O4/c1-20-10-3-2-4-11(6-10)21-8-9-5-14(17)12(15(18)19)7-13(9)16/h2-7H,8H2,1H3,(H,18,19). The van der Waals surface area contributed by atoms with E-state index in [-0.39, 0.29) is 12.2 Å². The van der Waals surface area contributed by atoms with Crippen LogP contribution in [0.15, 0.2) is 36.4 Å². The summed E-state index contributed by atoms with van der Waals surface area (Å²) in [6, 6.07) is 8.11. The summed E-state index contributed by atoms with van der Waals surface area (Å²) in [5, 5.41) is 8.69. The fraction of sp³-hybridized carbons (Fsp3) is 0.133. The van der Waals surface area contributed by atoms with Crippen LogP contribution in [0.4, 0.5) is 8.78 Å². The monoisotopic (exact) mass is 294 g/mol. The molecule has 0 saturated carbocycles. The number of carboxylic acid groups (broad SMARTS) is 1. The van der Waals surface area contributed by atoms with Crippen molar-refractivity contribution in [2.45, 2.75) is 6.61 Å². The Labute approximate surface area is 119 Å². The largest absolute Gasteiger partial charge is 0.497 e. The molecule has 0 aliphatic heterocycles. The molecule has 0 heterocycles. The number of hydrogen-bond acceptors (Lipinski definition) is 3. The number of hydrogen-bond donors (Lipinski definition) is 1. The molecule has 6 heteroatoms. The van der Waals surface area contributed by atoms with Crippen LogP contribution in [-0.4, -0.2) is 18.2 Å². The van der Waals surface area contributed by atoms with Gasteiger partial charge in [0.05, 0.1) is 12.7 Å². The van der Waals surface area contributed by atoms with Crippen molar-refractivity contribution in [2.24, 2.45) is 0 Å². The van der Waals surface area contributed by atoms with Gasteiger partial charge >= 0.3 is 5.97 Å². The van der Waals surface area contributed by atoms with Crippen molar-refractivity contribution in [3.05, 3.63) is 59.2 Å². The van der Waals surface area contributed by atoms with Gasteiger partial charge in [-0.15, -0.1) is 0 Å². The topological polar surface area (TPSA) is 55.8 Å². The van der Waals surface area contributed by atoms with Crippen LogP contribution >= 0.6 is 0 Å². The number of aromatic carboxylic acids is 1. The van der Waals surface area contributed by atoms with Crippen molar-refractivity contribution < 1.29 is 28.2 Å². The molecular weight excluding hydrogens is 282 g/mol. The zero-order valence-electron chi connectivity index (χ0n) is 11.1. The van der Waals surface area contributed by atoms with Crippen LogP contribution in [0.2, 0.25) is 0 Å². The Balaban J connectivity index is 2.16. The van der Waals surface area contributed by atoms with E-state index >= 15 is 0 Å². The fourth-order valence-electron chi connectivity index (χ4n) is 1.71. The Morgan fingerprint density at radius 2 is 1.86 bits per heavy atom. The smallest absolute Gasteiger partial charge is 0.338 e. The van der Waals surface area contributed by atoms with Crippen LogP contribution in [0.1, 0.15) is 15.9 Å². The van der Waals surface area contributed by atoms with E-state index in [4.69, 9.17) is 14.6 Å². The molecule has 0 saturated heterocycles. The summed E-state index contributed by atoms with van der Waals surface area (Å²) in [5.41, 5.74) is -0.780.